The van der Waals surface area contributed by atoms with Crippen LogP contribution < -0.4 is 14.8 Å². The minimum atomic E-state index is -0.902. The number of hydrogen-bond donors (Lipinski definition) is 1. The van der Waals surface area contributed by atoms with Crippen molar-refractivity contribution in [2.24, 2.45) is 0 Å². The normalized spacial score (nSPS) is 11.3. The van der Waals surface area contributed by atoms with Crippen molar-refractivity contribution < 1.29 is 24.0 Å². The number of methoxy groups -OCH3 is 1. The van der Waals surface area contributed by atoms with E-state index in [0.717, 1.165) is 0 Å². The van der Waals surface area contributed by atoms with Crippen LogP contribution in [0.3, 0.4) is 0 Å². The Morgan fingerprint density at radius 3 is 2.54 bits per heavy atom. The van der Waals surface area contributed by atoms with Gasteiger partial charge in [-0.2, -0.15) is 0 Å². The predicted molar refractivity (Wildman–Crippen MR) is 94.8 cm³/mol. The number of nitro benzene ring substituents is 1. The second kappa shape index (κ2) is 8.11. The van der Waals surface area contributed by atoms with Gasteiger partial charge in [-0.3, -0.25) is 19.7 Å². The molecule has 1 atom stereocenters. The summed E-state index contributed by atoms with van der Waals surface area (Å²) in [5.74, 6) is 0.0204. The van der Waals surface area contributed by atoms with Crippen LogP contribution in [-0.4, -0.2) is 29.8 Å². The van der Waals surface area contributed by atoms with Crippen molar-refractivity contribution in [3.05, 3.63) is 58.1 Å². The van der Waals surface area contributed by atoms with E-state index in [9.17, 15) is 19.7 Å². The molecule has 2 aromatic carbocycles. The Kier molecular flexibility index (Phi) is 5.90. The number of Topliss-reactive ketones (excluding diaryl/α,β-unsaturated/α-hetero) is 1. The number of nitrogens with one attached hydrogen (secondary N) is 1. The van der Waals surface area contributed by atoms with Gasteiger partial charge in [0.25, 0.3) is 11.6 Å². The van der Waals surface area contributed by atoms with Crippen molar-refractivity contribution in [1.82, 2.24) is 0 Å². The summed E-state index contributed by atoms with van der Waals surface area (Å²) in [6, 6.07) is 10.4. The molecular formula is C18H18N2O6. The fourth-order valence-electron chi connectivity index (χ4n) is 2.19. The SMILES string of the molecule is COc1ccc([N+](=O)[O-])cc1NC(=O)[C@@H](C)Oc1cccc(C(C)=O)c1. The summed E-state index contributed by atoms with van der Waals surface area (Å²) < 4.78 is 10.7. The van der Waals surface area contributed by atoms with Crippen LogP contribution in [0.25, 0.3) is 0 Å². The lowest BCUT2D eigenvalue weighted by Gasteiger charge is -2.16. The number of ketones is 1. The van der Waals surface area contributed by atoms with E-state index in [0.29, 0.717) is 11.3 Å². The summed E-state index contributed by atoms with van der Waals surface area (Å²) in [6.07, 6.45) is -0.902. The van der Waals surface area contributed by atoms with Crippen LogP contribution in [0.4, 0.5) is 11.4 Å². The molecule has 0 saturated carbocycles. The van der Waals surface area contributed by atoms with Crippen molar-refractivity contribution in [2.45, 2.75) is 20.0 Å². The summed E-state index contributed by atoms with van der Waals surface area (Å²) >= 11 is 0. The van der Waals surface area contributed by atoms with E-state index >= 15 is 0 Å². The van der Waals surface area contributed by atoms with Gasteiger partial charge in [0.05, 0.1) is 17.7 Å². The molecule has 0 aliphatic rings. The molecule has 2 aromatic rings. The minimum absolute atomic E-state index is 0.117. The lowest BCUT2D eigenvalue weighted by atomic mass is 10.1. The molecule has 0 aromatic heterocycles. The number of rotatable bonds is 7. The van der Waals surface area contributed by atoms with Crippen molar-refractivity contribution >= 4 is 23.1 Å². The van der Waals surface area contributed by atoms with Crippen LogP contribution >= 0.6 is 0 Å². The van der Waals surface area contributed by atoms with Gasteiger partial charge in [-0.25, -0.2) is 0 Å². The summed E-state index contributed by atoms with van der Waals surface area (Å²) in [5, 5.41) is 13.5. The van der Waals surface area contributed by atoms with Crippen LogP contribution in [0.5, 0.6) is 11.5 Å². The molecule has 0 aliphatic carbocycles. The molecule has 0 aliphatic heterocycles. The van der Waals surface area contributed by atoms with Crippen molar-refractivity contribution in [1.29, 1.82) is 0 Å². The zero-order valence-corrected chi connectivity index (χ0v) is 14.5. The van der Waals surface area contributed by atoms with E-state index < -0.39 is 16.9 Å². The maximum Gasteiger partial charge on any atom is 0.271 e. The smallest absolute Gasteiger partial charge is 0.271 e. The average Bonchev–Trinajstić information content (AvgIpc) is 2.61. The lowest BCUT2D eigenvalue weighted by Crippen LogP contribution is -2.30. The van der Waals surface area contributed by atoms with Gasteiger partial charge in [-0.15, -0.1) is 0 Å². The maximum atomic E-state index is 12.4. The monoisotopic (exact) mass is 358 g/mol. The number of carbonyl (C=O) groups is 2. The number of amides is 1. The van der Waals surface area contributed by atoms with E-state index in [1.54, 1.807) is 24.3 Å². The van der Waals surface area contributed by atoms with Crippen LogP contribution in [-0.2, 0) is 4.79 Å². The first-order chi connectivity index (χ1) is 12.3. The van der Waals surface area contributed by atoms with Crippen molar-refractivity contribution in [3.63, 3.8) is 0 Å². The fraction of sp³-hybridized carbons (Fsp3) is 0.222. The van der Waals surface area contributed by atoms with Gasteiger partial charge in [0.15, 0.2) is 11.9 Å². The lowest BCUT2D eigenvalue weighted by molar-refractivity contribution is -0.384. The molecule has 0 radical (unpaired) electrons. The highest BCUT2D eigenvalue weighted by Gasteiger charge is 2.19. The number of ether oxygens (including phenoxy) is 2. The van der Waals surface area contributed by atoms with Crippen LogP contribution in [0.1, 0.15) is 24.2 Å². The van der Waals surface area contributed by atoms with E-state index in [-0.39, 0.29) is 22.9 Å². The number of non-ortho nitro benzene ring substituents is 1. The summed E-state index contributed by atoms with van der Waals surface area (Å²) in [7, 11) is 1.39. The van der Waals surface area contributed by atoms with Crippen molar-refractivity contribution in [2.75, 3.05) is 12.4 Å². The third kappa shape index (κ3) is 4.56. The topological polar surface area (TPSA) is 108 Å². The van der Waals surface area contributed by atoms with Crippen LogP contribution in [0.2, 0.25) is 0 Å². The van der Waals surface area contributed by atoms with E-state index in [4.69, 9.17) is 9.47 Å². The highest BCUT2D eigenvalue weighted by atomic mass is 16.6. The minimum Gasteiger partial charge on any atom is -0.495 e. The molecule has 0 bridgehead atoms. The number of nitro groups is 1. The Morgan fingerprint density at radius 1 is 1.19 bits per heavy atom. The molecular weight excluding hydrogens is 340 g/mol. The third-order valence-corrected chi connectivity index (χ3v) is 3.57. The quantitative estimate of drug-likeness (QED) is 0.462. The molecule has 8 nitrogen and oxygen atoms in total. The number of carbonyl (C=O) groups excluding carboxylic acids is 2. The molecule has 8 heteroatoms. The van der Waals surface area contributed by atoms with E-state index in [1.807, 2.05) is 0 Å². The Morgan fingerprint density at radius 2 is 1.92 bits per heavy atom. The Labute approximate surface area is 149 Å². The molecule has 0 spiro atoms. The van der Waals surface area contributed by atoms with Gasteiger partial charge in [-0.1, -0.05) is 12.1 Å². The number of nitrogens with zero attached hydrogens (tertiary/aromatic N) is 1. The van der Waals surface area contributed by atoms with Gasteiger partial charge in [0, 0.05) is 17.7 Å². The predicted octanol–water partition coefficient (Wildman–Crippen LogP) is 3.21. The standard InChI is InChI=1S/C18H18N2O6/c1-11(21)13-5-4-6-15(9-13)26-12(2)18(22)19-16-10-14(20(23)24)7-8-17(16)25-3/h4-10,12H,1-3H3,(H,19,22)/t12-/m1/s1. The molecule has 0 fully saturated rings. The molecule has 0 heterocycles. The average molecular weight is 358 g/mol. The van der Waals surface area contributed by atoms with Gasteiger partial charge >= 0.3 is 0 Å². The molecule has 136 valence electrons. The number of benzene rings is 2. The Balaban J connectivity index is 2.14. The van der Waals surface area contributed by atoms with Gasteiger partial charge in [-0.05, 0) is 32.0 Å². The van der Waals surface area contributed by atoms with Gasteiger partial charge < -0.3 is 14.8 Å². The molecule has 0 saturated heterocycles. The van der Waals surface area contributed by atoms with Gasteiger partial charge in [0.1, 0.15) is 11.5 Å². The number of anilines is 1. The first kappa shape index (κ1) is 18.9. The fourth-order valence-corrected chi connectivity index (χ4v) is 2.19. The first-order valence-corrected chi connectivity index (χ1v) is 7.72. The van der Waals surface area contributed by atoms with Crippen LogP contribution in [0, 0.1) is 10.1 Å². The molecule has 2 rings (SSSR count). The summed E-state index contributed by atoms with van der Waals surface area (Å²) in [6.45, 7) is 2.96. The Hall–Kier alpha value is -3.42. The highest BCUT2D eigenvalue weighted by molar-refractivity contribution is 5.96. The van der Waals surface area contributed by atoms with Gasteiger partial charge in [0.2, 0.25) is 0 Å². The largest absolute Gasteiger partial charge is 0.495 e. The zero-order chi connectivity index (χ0) is 19.3. The first-order valence-electron chi connectivity index (χ1n) is 7.72. The van der Waals surface area contributed by atoms with E-state index in [2.05, 4.69) is 5.32 Å². The zero-order valence-electron chi connectivity index (χ0n) is 14.5. The summed E-state index contributed by atoms with van der Waals surface area (Å²) in [4.78, 5) is 34.1. The van der Waals surface area contributed by atoms with Crippen molar-refractivity contribution in [3.8, 4) is 11.5 Å². The molecule has 26 heavy (non-hydrogen) atoms. The van der Waals surface area contributed by atoms with E-state index in [1.165, 1.54) is 39.2 Å². The molecule has 1 amide bonds. The Bertz CT molecular complexity index is 849. The summed E-state index contributed by atoms with van der Waals surface area (Å²) in [5.41, 5.74) is 0.457. The second-order valence-corrected chi connectivity index (χ2v) is 5.48. The molecule has 1 N–H and O–H groups in total. The third-order valence-electron chi connectivity index (χ3n) is 3.57. The number of hydrogen-bond acceptors (Lipinski definition) is 6. The van der Waals surface area contributed by atoms with Crippen LogP contribution in [0.15, 0.2) is 42.5 Å². The highest BCUT2D eigenvalue weighted by Crippen LogP contribution is 2.29. The molecule has 0 unspecified atom stereocenters. The second-order valence-electron chi connectivity index (χ2n) is 5.48. The maximum absolute atomic E-state index is 12.4.